The molecule has 2 N–H and O–H groups in total. The van der Waals surface area contributed by atoms with Crippen molar-refractivity contribution in [2.75, 3.05) is 5.32 Å². The fraction of sp³-hybridized carbons (Fsp3) is 0.320. The summed E-state index contributed by atoms with van der Waals surface area (Å²) in [7, 11) is 0. The molecule has 0 atom stereocenters. The highest BCUT2D eigenvalue weighted by Gasteiger charge is 2.14. The summed E-state index contributed by atoms with van der Waals surface area (Å²) < 4.78 is 26.5. The predicted molar refractivity (Wildman–Crippen MR) is 125 cm³/mol. The summed E-state index contributed by atoms with van der Waals surface area (Å²) >= 11 is 6.37. The molecule has 0 unspecified atom stereocenters. The lowest BCUT2D eigenvalue weighted by Crippen LogP contribution is -2.22. The molecular weight excluding hydrogens is 416 g/mol. The molecule has 1 aliphatic carbocycles. The molecule has 0 spiro atoms. The largest absolute Gasteiger partial charge is 0.381 e. The summed E-state index contributed by atoms with van der Waals surface area (Å²) in [5.74, 6) is -0.345. The molecule has 1 heterocycles. The van der Waals surface area contributed by atoms with E-state index in [2.05, 4.69) is 22.2 Å². The normalized spacial score (nSPS) is 15.3. The van der Waals surface area contributed by atoms with Gasteiger partial charge in [-0.05, 0) is 55.2 Å². The highest BCUT2D eigenvalue weighted by molar-refractivity contribution is 6.32. The van der Waals surface area contributed by atoms with Gasteiger partial charge in [-0.25, -0.2) is 13.8 Å². The molecule has 164 valence electrons. The van der Waals surface area contributed by atoms with E-state index in [1.54, 1.807) is 12.3 Å². The Hall–Kier alpha value is -2.66. The number of halogens is 3. The number of hydrogen-bond acceptors (Lipinski definition) is 3. The number of rotatable bonds is 8. The fourth-order valence-corrected chi connectivity index (χ4v) is 3.91. The third kappa shape index (κ3) is 7.21. The SMILES string of the molecule is C=C(/C=C\C=C(/C)c1cc(NC2CCCCC2)ncc1Cl)NCc1cc(F)cc(F)c1. The average molecular weight is 444 g/mol. The van der Waals surface area contributed by atoms with Gasteiger partial charge in [0.15, 0.2) is 0 Å². The zero-order valence-corrected chi connectivity index (χ0v) is 18.5. The van der Waals surface area contributed by atoms with Gasteiger partial charge in [0.2, 0.25) is 0 Å². The number of hydrogen-bond donors (Lipinski definition) is 2. The van der Waals surface area contributed by atoms with E-state index in [1.165, 1.54) is 44.2 Å². The number of nitrogens with one attached hydrogen (secondary N) is 2. The first-order valence-electron chi connectivity index (χ1n) is 10.6. The molecule has 0 amide bonds. The van der Waals surface area contributed by atoms with Crippen molar-refractivity contribution in [2.24, 2.45) is 0 Å². The Morgan fingerprint density at radius 3 is 2.58 bits per heavy atom. The molecule has 0 radical (unpaired) electrons. The van der Waals surface area contributed by atoms with Crippen molar-refractivity contribution in [1.82, 2.24) is 10.3 Å². The summed E-state index contributed by atoms with van der Waals surface area (Å²) in [6.45, 7) is 6.19. The second-order valence-corrected chi connectivity index (χ2v) is 8.30. The lowest BCUT2D eigenvalue weighted by Gasteiger charge is -2.23. The van der Waals surface area contributed by atoms with E-state index in [0.29, 0.717) is 22.3 Å². The van der Waals surface area contributed by atoms with Crippen LogP contribution < -0.4 is 10.6 Å². The van der Waals surface area contributed by atoms with E-state index in [-0.39, 0.29) is 6.54 Å². The quantitative estimate of drug-likeness (QED) is 0.430. The van der Waals surface area contributed by atoms with E-state index < -0.39 is 11.6 Å². The Morgan fingerprint density at radius 2 is 1.87 bits per heavy atom. The van der Waals surface area contributed by atoms with Crippen molar-refractivity contribution >= 4 is 23.0 Å². The minimum atomic E-state index is -0.594. The molecule has 6 heteroatoms. The lowest BCUT2D eigenvalue weighted by molar-refractivity contribution is 0.462. The molecule has 1 aliphatic rings. The van der Waals surface area contributed by atoms with Gasteiger partial charge in [-0.1, -0.05) is 49.6 Å². The highest BCUT2D eigenvalue weighted by atomic mass is 35.5. The summed E-state index contributed by atoms with van der Waals surface area (Å²) in [5.41, 5.74) is 3.07. The van der Waals surface area contributed by atoms with Gasteiger partial charge in [-0.15, -0.1) is 0 Å². The molecule has 0 aliphatic heterocycles. The maximum absolute atomic E-state index is 13.3. The van der Waals surface area contributed by atoms with Gasteiger partial charge in [0.25, 0.3) is 0 Å². The summed E-state index contributed by atoms with van der Waals surface area (Å²) in [5, 5.41) is 7.17. The topological polar surface area (TPSA) is 37.0 Å². The van der Waals surface area contributed by atoms with Gasteiger partial charge in [0.1, 0.15) is 17.5 Å². The molecule has 0 bridgehead atoms. The number of pyridine rings is 1. The smallest absolute Gasteiger partial charge is 0.126 e. The zero-order valence-electron chi connectivity index (χ0n) is 17.7. The first-order valence-corrected chi connectivity index (χ1v) is 10.9. The number of allylic oxidation sites excluding steroid dienone is 4. The van der Waals surface area contributed by atoms with E-state index in [0.717, 1.165) is 23.0 Å². The Balaban J connectivity index is 1.58. The van der Waals surface area contributed by atoms with Crippen LogP contribution in [0.3, 0.4) is 0 Å². The van der Waals surface area contributed by atoms with Crippen LogP contribution in [0.15, 0.2) is 61.0 Å². The van der Waals surface area contributed by atoms with Crippen molar-refractivity contribution < 1.29 is 8.78 Å². The third-order valence-electron chi connectivity index (χ3n) is 5.32. The first-order chi connectivity index (χ1) is 14.9. The number of benzene rings is 1. The predicted octanol–water partition coefficient (Wildman–Crippen LogP) is 7.02. The van der Waals surface area contributed by atoms with Gasteiger partial charge in [0, 0.05) is 36.1 Å². The maximum Gasteiger partial charge on any atom is 0.126 e. The van der Waals surface area contributed by atoms with Crippen LogP contribution in [0.5, 0.6) is 0 Å². The van der Waals surface area contributed by atoms with Crippen LogP contribution in [0, 0.1) is 11.6 Å². The van der Waals surface area contributed by atoms with Crippen LogP contribution in [0.25, 0.3) is 5.57 Å². The van der Waals surface area contributed by atoms with Crippen LogP contribution in [0.4, 0.5) is 14.6 Å². The summed E-state index contributed by atoms with van der Waals surface area (Å²) in [6.07, 6.45) is 13.5. The summed E-state index contributed by atoms with van der Waals surface area (Å²) in [6, 6.07) is 5.90. The molecule has 0 saturated heterocycles. The Bertz CT molecular complexity index is 958. The van der Waals surface area contributed by atoms with Gasteiger partial charge in [0.05, 0.1) is 5.02 Å². The minimum Gasteiger partial charge on any atom is -0.381 e. The van der Waals surface area contributed by atoms with Crippen molar-refractivity contribution in [2.45, 2.75) is 51.6 Å². The highest BCUT2D eigenvalue weighted by Crippen LogP contribution is 2.27. The van der Waals surface area contributed by atoms with Crippen LogP contribution in [-0.2, 0) is 6.54 Å². The van der Waals surface area contributed by atoms with Gasteiger partial charge >= 0.3 is 0 Å². The Kier molecular flexibility index (Phi) is 8.24. The standard InChI is InChI=1S/C25H28ClF2N3/c1-17(7-6-8-18(2)29-15-19-11-20(27)13-21(28)12-19)23-14-25(30-16-24(23)26)31-22-9-4-3-5-10-22/h6-8,11-14,16,22,29H,2-5,9-10,15H2,1H3,(H,30,31)/b8-6-,17-7+. The van der Waals surface area contributed by atoms with Crippen molar-refractivity contribution in [3.8, 4) is 0 Å². The van der Waals surface area contributed by atoms with Gasteiger partial charge < -0.3 is 10.6 Å². The van der Waals surface area contributed by atoms with E-state index in [9.17, 15) is 8.78 Å². The third-order valence-corrected chi connectivity index (χ3v) is 5.62. The first kappa shape index (κ1) is 23.0. The molecule has 3 rings (SSSR count). The molecule has 1 fully saturated rings. The van der Waals surface area contributed by atoms with E-state index >= 15 is 0 Å². The zero-order chi connectivity index (χ0) is 22.2. The molecular formula is C25H28ClF2N3. The van der Waals surface area contributed by atoms with Crippen molar-refractivity contribution in [1.29, 1.82) is 0 Å². The number of anilines is 1. The lowest BCUT2D eigenvalue weighted by atomic mass is 9.95. The molecule has 1 aromatic carbocycles. The fourth-order valence-electron chi connectivity index (χ4n) is 3.66. The molecule has 31 heavy (non-hydrogen) atoms. The number of aromatic nitrogens is 1. The van der Waals surface area contributed by atoms with Crippen LogP contribution in [-0.4, -0.2) is 11.0 Å². The average Bonchev–Trinajstić information content (AvgIpc) is 2.73. The second-order valence-electron chi connectivity index (χ2n) is 7.89. The minimum absolute atomic E-state index is 0.285. The molecule has 1 aromatic heterocycles. The number of nitrogens with zero attached hydrogens (tertiary/aromatic N) is 1. The van der Waals surface area contributed by atoms with Crippen LogP contribution in [0.2, 0.25) is 5.02 Å². The maximum atomic E-state index is 13.3. The summed E-state index contributed by atoms with van der Waals surface area (Å²) in [4.78, 5) is 4.42. The Morgan fingerprint density at radius 1 is 1.16 bits per heavy atom. The van der Waals surface area contributed by atoms with Gasteiger partial charge in [-0.3, -0.25) is 0 Å². The van der Waals surface area contributed by atoms with Crippen LogP contribution >= 0.6 is 11.6 Å². The molecule has 3 nitrogen and oxygen atoms in total. The monoisotopic (exact) mass is 443 g/mol. The Labute approximate surface area is 187 Å². The van der Waals surface area contributed by atoms with Gasteiger partial charge in [-0.2, -0.15) is 0 Å². The van der Waals surface area contributed by atoms with E-state index in [1.807, 2.05) is 25.1 Å². The molecule has 1 saturated carbocycles. The van der Waals surface area contributed by atoms with Crippen molar-refractivity contribution in [3.05, 3.63) is 88.8 Å². The molecule has 2 aromatic rings. The second kappa shape index (κ2) is 11.1. The van der Waals surface area contributed by atoms with Crippen LogP contribution in [0.1, 0.15) is 50.2 Å². The van der Waals surface area contributed by atoms with E-state index in [4.69, 9.17) is 11.6 Å². The van der Waals surface area contributed by atoms with Crippen molar-refractivity contribution in [3.63, 3.8) is 0 Å².